The van der Waals surface area contributed by atoms with Gasteiger partial charge in [0.25, 0.3) is 0 Å². The third-order valence-corrected chi connectivity index (χ3v) is 4.72. The number of likely N-dealkylation sites (N-methyl/N-ethyl adjacent to an activating group) is 1. The van der Waals surface area contributed by atoms with Crippen molar-refractivity contribution in [2.24, 2.45) is 10.9 Å². The van der Waals surface area contributed by atoms with E-state index >= 15 is 0 Å². The zero-order valence-corrected chi connectivity index (χ0v) is 16.8. The first-order valence-electron chi connectivity index (χ1n) is 8.93. The van der Waals surface area contributed by atoms with Crippen LogP contribution < -0.4 is 24.8 Å². The van der Waals surface area contributed by atoms with Crippen LogP contribution in [0, 0.1) is 5.92 Å². The van der Waals surface area contributed by atoms with E-state index in [1.807, 2.05) is 12.1 Å². The molecule has 1 aromatic carbocycles. The summed E-state index contributed by atoms with van der Waals surface area (Å²) in [5.74, 6) is 3.47. The molecule has 1 unspecified atom stereocenters. The highest BCUT2D eigenvalue weighted by molar-refractivity contribution is 5.79. The monoisotopic (exact) mass is 364 g/mol. The predicted molar refractivity (Wildman–Crippen MR) is 104 cm³/mol. The summed E-state index contributed by atoms with van der Waals surface area (Å²) < 4.78 is 16.2. The Kier molecular flexibility index (Phi) is 7.38. The van der Waals surface area contributed by atoms with Gasteiger partial charge in [0.1, 0.15) is 0 Å². The molecule has 0 spiro atoms. The van der Waals surface area contributed by atoms with E-state index in [1.165, 1.54) is 12.8 Å². The van der Waals surface area contributed by atoms with E-state index in [-0.39, 0.29) is 0 Å². The van der Waals surface area contributed by atoms with E-state index < -0.39 is 0 Å². The maximum absolute atomic E-state index is 5.41. The van der Waals surface area contributed by atoms with E-state index in [1.54, 1.807) is 28.4 Å². The van der Waals surface area contributed by atoms with E-state index in [0.29, 0.717) is 29.8 Å². The van der Waals surface area contributed by atoms with Crippen molar-refractivity contribution in [1.82, 2.24) is 15.5 Å². The normalized spacial score (nSPS) is 15.6. The maximum atomic E-state index is 5.41. The first kappa shape index (κ1) is 20.2. The average Bonchev–Trinajstić information content (AvgIpc) is 3.48. The zero-order valence-electron chi connectivity index (χ0n) is 16.8. The van der Waals surface area contributed by atoms with E-state index in [4.69, 9.17) is 14.2 Å². The fraction of sp³-hybridized carbons (Fsp3) is 0.632. The summed E-state index contributed by atoms with van der Waals surface area (Å²) in [6, 6.07) is 4.41. The zero-order chi connectivity index (χ0) is 19.1. The van der Waals surface area contributed by atoms with Crippen LogP contribution in [0.1, 0.15) is 18.4 Å². The molecule has 1 aromatic rings. The largest absolute Gasteiger partial charge is 0.493 e. The van der Waals surface area contributed by atoms with Crippen molar-refractivity contribution in [2.75, 3.05) is 49.0 Å². The molecular weight excluding hydrogens is 332 g/mol. The van der Waals surface area contributed by atoms with Gasteiger partial charge in [-0.1, -0.05) is 0 Å². The number of hydrogen-bond donors (Lipinski definition) is 2. The molecule has 0 bridgehead atoms. The van der Waals surface area contributed by atoms with Crippen LogP contribution in [0.4, 0.5) is 0 Å². The van der Waals surface area contributed by atoms with Gasteiger partial charge in [-0.3, -0.25) is 4.99 Å². The molecule has 7 nitrogen and oxygen atoms in total. The molecule has 26 heavy (non-hydrogen) atoms. The molecule has 0 heterocycles. The molecule has 146 valence electrons. The topological polar surface area (TPSA) is 67.4 Å². The van der Waals surface area contributed by atoms with Gasteiger partial charge in [-0.2, -0.15) is 0 Å². The molecule has 0 aromatic heterocycles. The second kappa shape index (κ2) is 9.52. The number of hydrogen-bond acceptors (Lipinski definition) is 5. The minimum atomic E-state index is 0.537. The Morgan fingerprint density at radius 2 is 1.73 bits per heavy atom. The Labute approximate surface area is 156 Å². The second-order valence-electron chi connectivity index (χ2n) is 6.71. The van der Waals surface area contributed by atoms with Gasteiger partial charge in [0, 0.05) is 26.2 Å². The SMILES string of the molecule is CN=C(NCc1cc(OC)c(OC)c(OC)c1)NCC(C1CC1)N(C)C. The van der Waals surface area contributed by atoms with Crippen molar-refractivity contribution in [2.45, 2.75) is 25.4 Å². The van der Waals surface area contributed by atoms with Gasteiger partial charge in [-0.15, -0.1) is 0 Å². The van der Waals surface area contributed by atoms with Gasteiger partial charge in [0.05, 0.1) is 21.3 Å². The van der Waals surface area contributed by atoms with Crippen LogP contribution in [0.5, 0.6) is 17.2 Å². The van der Waals surface area contributed by atoms with Crippen molar-refractivity contribution in [3.8, 4) is 17.2 Å². The van der Waals surface area contributed by atoms with E-state index in [2.05, 4.69) is 34.6 Å². The molecular formula is C19H32N4O3. The number of nitrogens with one attached hydrogen (secondary N) is 2. The lowest BCUT2D eigenvalue weighted by Gasteiger charge is -2.25. The fourth-order valence-corrected chi connectivity index (χ4v) is 3.10. The highest BCUT2D eigenvalue weighted by Crippen LogP contribution is 2.38. The smallest absolute Gasteiger partial charge is 0.203 e. The Morgan fingerprint density at radius 1 is 1.12 bits per heavy atom. The molecule has 0 amide bonds. The van der Waals surface area contributed by atoms with Crippen LogP contribution in [-0.4, -0.2) is 65.9 Å². The Balaban J connectivity index is 1.97. The number of guanidine groups is 1. The van der Waals surface area contributed by atoms with Crippen LogP contribution in [-0.2, 0) is 6.54 Å². The van der Waals surface area contributed by atoms with Crippen LogP contribution in [0.3, 0.4) is 0 Å². The highest BCUT2D eigenvalue weighted by atomic mass is 16.5. The minimum Gasteiger partial charge on any atom is -0.493 e. The van der Waals surface area contributed by atoms with Gasteiger partial charge in [-0.25, -0.2) is 0 Å². The Morgan fingerprint density at radius 3 is 2.15 bits per heavy atom. The van der Waals surface area contributed by atoms with Crippen LogP contribution in [0.2, 0.25) is 0 Å². The van der Waals surface area contributed by atoms with E-state index in [9.17, 15) is 0 Å². The lowest BCUT2D eigenvalue weighted by atomic mass is 10.1. The summed E-state index contributed by atoms with van der Waals surface area (Å²) in [7, 11) is 10.9. The minimum absolute atomic E-state index is 0.537. The number of rotatable bonds is 9. The van der Waals surface area contributed by atoms with Gasteiger partial charge >= 0.3 is 0 Å². The third kappa shape index (κ3) is 5.17. The van der Waals surface area contributed by atoms with Crippen molar-refractivity contribution in [3.05, 3.63) is 17.7 Å². The molecule has 1 aliphatic rings. The molecule has 2 rings (SSSR count). The first-order chi connectivity index (χ1) is 12.5. The molecule has 0 saturated heterocycles. The fourth-order valence-electron chi connectivity index (χ4n) is 3.10. The number of benzene rings is 1. The van der Waals surface area contributed by atoms with E-state index in [0.717, 1.165) is 24.0 Å². The molecule has 1 saturated carbocycles. The summed E-state index contributed by atoms with van der Waals surface area (Å²) in [5.41, 5.74) is 1.02. The average molecular weight is 364 g/mol. The van der Waals surface area contributed by atoms with Gasteiger partial charge < -0.3 is 29.7 Å². The predicted octanol–water partition coefficient (Wildman–Crippen LogP) is 1.72. The number of nitrogens with zero attached hydrogens (tertiary/aromatic N) is 2. The summed E-state index contributed by atoms with van der Waals surface area (Å²) in [5, 5.41) is 6.78. The van der Waals surface area contributed by atoms with Gasteiger partial charge in [0.15, 0.2) is 17.5 Å². The Hall–Kier alpha value is -2.15. The van der Waals surface area contributed by atoms with Crippen LogP contribution >= 0.6 is 0 Å². The summed E-state index contributed by atoms with van der Waals surface area (Å²) in [6.07, 6.45) is 2.64. The third-order valence-electron chi connectivity index (χ3n) is 4.72. The number of ether oxygens (including phenoxy) is 3. The lowest BCUT2D eigenvalue weighted by Crippen LogP contribution is -2.45. The van der Waals surface area contributed by atoms with Crippen LogP contribution in [0.15, 0.2) is 17.1 Å². The lowest BCUT2D eigenvalue weighted by molar-refractivity contribution is 0.264. The van der Waals surface area contributed by atoms with Crippen molar-refractivity contribution in [3.63, 3.8) is 0 Å². The molecule has 1 fully saturated rings. The second-order valence-corrected chi connectivity index (χ2v) is 6.71. The maximum Gasteiger partial charge on any atom is 0.203 e. The van der Waals surface area contributed by atoms with Crippen molar-refractivity contribution in [1.29, 1.82) is 0 Å². The summed E-state index contributed by atoms with van der Waals surface area (Å²) >= 11 is 0. The quantitative estimate of drug-likeness (QED) is 0.514. The molecule has 2 N–H and O–H groups in total. The number of methoxy groups -OCH3 is 3. The van der Waals surface area contributed by atoms with Crippen LogP contribution in [0.25, 0.3) is 0 Å². The highest BCUT2D eigenvalue weighted by Gasteiger charge is 2.32. The summed E-state index contributed by atoms with van der Waals surface area (Å²) in [6.45, 7) is 1.49. The molecule has 7 heteroatoms. The standard InChI is InChI=1S/C19H32N4O3/c1-20-19(22-12-15(23(2)3)14-7-8-14)21-11-13-9-16(24-4)18(26-6)17(10-13)25-5/h9-10,14-15H,7-8,11-12H2,1-6H3,(H2,20,21,22). The molecule has 1 aliphatic carbocycles. The Bertz CT molecular complexity index is 588. The van der Waals surface area contributed by atoms with Crippen molar-refractivity contribution >= 4 is 5.96 Å². The molecule has 1 atom stereocenters. The first-order valence-corrected chi connectivity index (χ1v) is 8.93. The van der Waals surface area contributed by atoms with Crippen molar-refractivity contribution < 1.29 is 14.2 Å². The molecule has 0 aliphatic heterocycles. The summed E-state index contributed by atoms with van der Waals surface area (Å²) in [4.78, 5) is 6.61. The van der Waals surface area contributed by atoms with Gasteiger partial charge in [0.2, 0.25) is 5.75 Å². The molecule has 0 radical (unpaired) electrons. The van der Waals surface area contributed by atoms with Gasteiger partial charge in [-0.05, 0) is 50.6 Å². The number of aliphatic imine (C=N–C) groups is 1.